The van der Waals surface area contributed by atoms with Crippen LogP contribution in [0.1, 0.15) is 15.9 Å². The van der Waals surface area contributed by atoms with Crippen LogP contribution >= 0.6 is 66.2 Å². The van der Waals surface area contributed by atoms with Crippen molar-refractivity contribution in [2.24, 2.45) is 0 Å². The lowest BCUT2D eigenvalue weighted by molar-refractivity contribution is 0.104. The zero-order valence-corrected chi connectivity index (χ0v) is 19.6. The molecule has 0 amide bonds. The Morgan fingerprint density at radius 3 is 1.92 bits per heavy atom. The number of carbonyl (C=O) groups is 1. The quantitative estimate of drug-likeness (QED) is 0.129. The van der Waals surface area contributed by atoms with Gasteiger partial charge in [0.15, 0.2) is 5.78 Å². The zero-order chi connectivity index (χ0) is 18.5. The summed E-state index contributed by atoms with van der Waals surface area (Å²) in [7, 11) is 0. The molecule has 0 bridgehead atoms. The molecule has 0 aromatic heterocycles. The maximum absolute atomic E-state index is 13.1. The first-order valence-electron chi connectivity index (χ1n) is 7.72. The van der Waals surface area contributed by atoms with Crippen LogP contribution < -0.4 is 0 Å². The van der Waals surface area contributed by atoms with Crippen molar-refractivity contribution < 1.29 is 4.79 Å². The Morgan fingerprint density at radius 1 is 0.808 bits per heavy atom. The highest BCUT2D eigenvalue weighted by Crippen LogP contribution is 2.32. The SMILES string of the molecule is O=C(/C(=C\c1ccc(I)cc1)Sc1ccc(Br)cc1)c1ccc(Br)cc1. The molecule has 0 aliphatic carbocycles. The van der Waals surface area contributed by atoms with Crippen LogP contribution in [0.2, 0.25) is 0 Å². The number of thioether (sulfide) groups is 1. The van der Waals surface area contributed by atoms with Gasteiger partial charge in [-0.3, -0.25) is 4.79 Å². The second-order valence-electron chi connectivity index (χ2n) is 5.45. The van der Waals surface area contributed by atoms with E-state index in [4.69, 9.17) is 0 Å². The van der Waals surface area contributed by atoms with Gasteiger partial charge in [-0.1, -0.05) is 55.8 Å². The summed E-state index contributed by atoms with van der Waals surface area (Å²) in [6.45, 7) is 0. The molecule has 0 spiro atoms. The van der Waals surface area contributed by atoms with E-state index in [0.717, 1.165) is 19.4 Å². The van der Waals surface area contributed by atoms with Crippen LogP contribution in [0.15, 0.2) is 91.5 Å². The fourth-order valence-electron chi connectivity index (χ4n) is 2.22. The molecule has 26 heavy (non-hydrogen) atoms. The van der Waals surface area contributed by atoms with E-state index < -0.39 is 0 Å². The first-order valence-corrected chi connectivity index (χ1v) is 11.2. The molecule has 0 N–H and O–H groups in total. The number of halogens is 3. The Hall–Kier alpha value is -0.890. The van der Waals surface area contributed by atoms with Gasteiger partial charge in [0.25, 0.3) is 0 Å². The fourth-order valence-corrected chi connectivity index (χ4v) is 4.04. The summed E-state index contributed by atoms with van der Waals surface area (Å²) in [6.07, 6.45) is 1.95. The Balaban J connectivity index is 1.97. The standard InChI is InChI=1S/C21H13Br2IOS/c22-16-5-3-15(4-6-16)21(25)20(13-14-1-9-18(24)10-2-14)26-19-11-7-17(23)8-12-19/h1-13H/b20-13+. The number of rotatable bonds is 5. The van der Waals surface area contributed by atoms with Crippen LogP contribution in [0.4, 0.5) is 0 Å². The predicted octanol–water partition coefficient (Wildman–Crippen LogP) is 7.83. The number of hydrogen-bond acceptors (Lipinski definition) is 2. The average molecular weight is 600 g/mol. The van der Waals surface area contributed by atoms with E-state index in [2.05, 4.69) is 54.5 Å². The minimum absolute atomic E-state index is 0.0176. The Bertz CT molecular complexity index is 933. The van der Waals surface area contributed by atoms with Gasteiger partial charge in [0, 0.05) is 23.0 Å². The van der Waals surface area contributed by atoms with Crippen LogP contribution in [-0.4, -0.2) is 5.78 Å². The second kappa shape index (κ2) is 9.35. The maximum atomic E-state index is 13.1. The van der Waals surface area contributed by atoms with Crippen molar-refractivity contribution in [3.05, 3.63) is 101 Å². The summed E-state index contributed by atoms with van der Waals surface area (Å²) in [5.41, 5.74) is 1.69. The van der Waals surface area contributed by atoms with Gasteiger partial charge in [0.1, 0.15) is 0 Å². The minimum Gasteiger partial charge on any atom is -0.288 e. The summed E-state index contributed by atoms with van der Waals surface area (Å²) in [5, 5.41) is 0. The molecule has 0 aliphatic heterocycles. The van der Waals surface area contributed by atoms with Crippen LogP contribution in [0.5, 0.6) is 0 Å². The van der Waals surface area contributed by atoms with Gasteiger partial charge in [0.05, 0.1) is 4.91 Å². The molecule has 0 heterocycles. The summed E-state index contributed by atoms with van der Waals surface area (Å²) < 4.78 is 3.14. The summed E-state index contributed by atoms with van der Waals surface area (Å²) in [6, 6.07) is 23.6. The van der Waals surface area contributed by atoms with Gasteiger partial charge < -0.3 is 0 Å². The van der Waals surface area contributed by atoms with Crippen molar-refractivity contribution in [3.63, 3.8) is 0 Å². The Labute approximate surface area is 187 Å². The van der Waals surface area contributed by atoms with Crippen molar-refractivity contribution in [2.75, 3.05) is 0 Å². The molecule has 0 radical (unpaired) electrons. The zero-order valence-electron chi connectivity index (χ0n) is 13.5. The lowest BCUT2D eigenvalue weighted by atomic mass is 10.1. The molecule has 3 aromatic rings. The van der Waals surface area contributed by atoms with Gasteiger partial charge in [0.2, 0.25) is 0 Å². The van der Waals surface area contributed by atoms with E-state index >= 15 is 0 Å². The average Bonchev–Trinajstić information content (AvgIpc) is 2.65. The van der Waals surface area contributed by atoms with Crippen molar-refractivity contribution in [1.82, 2.24) is 0 Å². The highest BCUT2D eigenvalue weighted by atomic mass is 127. The molecule has 3 aromatic carbocycles. The molecule has 0 saturated heterocycles. The first kappa shape index (κ1) is 19.9. The monoisotopic (exact) mass is 598 g/mol. The van der Waals surface area contributed by atoms with Crippen molar-refractivity contribution >= 4 is 78.1 Å². The van der Waals surface area contributed by atoms with E-state index in [0.29, 0.717) is 10.5 Å². The van der Waals surface area contributed by atoms with Crippen molar-refractivity contribution in [1.29, 1.82) is 0 Å². The lowest BCUT2D eigenvalue weighted by Crippen LogP contribution is -2.01. The molecule has 1 nitrogen and oxygen atoms in total. The molecule has 0 atom stereocenters. The van der Waals surface area contributed by atoms with E-state index in [1.165, 1.54) is 15.3 Å². The van der Waals surface area contributed by atoms with E-state index in [-0.39, 0.29) is 5.78 Å². The van der Waals surface area contributed by atoms with Crippen LogP contribution in [0.3, 0.4) is 0 Å². The van der Waals surface area contributed by atoms with Gasteiger partial charge in [-0.25, -0.2) is 0 Å². The van der Waals surface area contributed by atoms with Gasteiger partial charge in [-0.05, 0) is 94.9 Å². The molecule has 5 heteroatoms. The van der Waals surface area contributed by atoms with E-state index in [1.807, 2.05) is 78.9 Å². The molecular formula is C21H13Br2IOS. The van der Waals surface area contributed by atoms with Crippen LogP contribution in [0.25, 0.3) is 6.08 Å². The second-order valence-corrected chi connectivity index (χ2v) is 9.64. The summed E-state index contributed by atoms with van der Waals surface area (Å²) in [5.74, 6) is 0.0176. The molecule has 130 valence electrons. The Morgan fingerprint density at radius 2 is 1.35 bits per heavy atom. The number of hydrogen-bond donors (Lipinski definition) is 0. The first-order chi connectivity index (χ1) is 12.5. The molecular weight excluding hydrogens is 587 g/mol. The summed E-state index contributed by atoms with van der Waals surface area (Å²) >= 11 is 10.6. The fraction of sp³-hybridized carbons (Fsp3) is 0. The highest BCUT2D eigenvalue weighted by Gasteiger charge is 2.14. The molecule has 0 unspecified atom stereocenters. The third-order valence-electron chi connectivity index (χ3n) is 3.54. The molecule has 0 aliphatic rings. The number of Topliss-reactive ketones (excluding diaryl/α,β-unsaturated/α-hetero) is 1. The third-order valence-corrected chi connectivity index (χ3v) is 6.35. The molecule has 0 fully saturated rings. The van der Waals surface area contributed by atoms with Crippen LogP contribution in [-0.2, 0) is 0 Å². The topological polar surface area (TPSA) is 17.1 Å². The predicted molar refractivity (Wildman–Crippen MR) is 126 cm³/mol. The van der Waals surface area contributed by atoms with Crippen molar-refractivity contribution in [3.8, 4) is 0 Å². The number of benzene rings is 3. The third kappa shape index (κ3) is 5.55. The molecule has 0 saturated carbocycles. The van der Waals surface area contributed by atoms with Gasteiger partial charge >= 0.3 is 0 Å². The minimum atomic E-state index is 0.0176. The lowest BCUT2D eigenvalue weighted by Gasteiger charge is -2.08. The van der Waals surface area contributed by atoms with Gasteiger partial charge in [-0.15, -0.1) is 0 Å². The van der Waals surface area contributed by atoms with Crippen molar-refractivity contribution in [2.45, 2.75) is 4.90 Å². The Kier molecular flexibility index (Phi) is 7.14. The number of allylic oxidation sites excluding steroid dienone is 1. The summed E-state index contributed by atoms with van der Waals surface area (Å²) in [4.78, 5) is 14.8. The normalized spacial score (nSPS) is 11.4. The molecule has 3 rings (SSSR count). The van der Waals surface area contributed by atoms with Gasteiger partial charge in [-0.2, -0.15) is 0 Å². The number of ketones is 1. The number of carbonyl (C=O) groups excluding carboxylic acids is 1. The van der Waals surface area contributed by atoms with E-state index in [1.54, 1.807) is 0 Å². The largest absolute Gasteiger partial charge is 0.288 e. The smallest absolute Gasteiger partial charge is 0.199 e. The highest BCUT2D eigenvalue weighted by molar-refractivity contribution is 14.1. The van der Waals surface area contributed by atoms with Crippen LogP contribution in [0, 0.1) is 3.57 Å². The maximum Gasteiger partial charge on any atom is 0.199 e. The van der Waals surface area contributed by atoms with E-state index in [9.17, 15) is 4.79 Å².